The summed E-state index contributed by atoms with van der Waals surface area (Å²) in [5.41, 5.74) is 2.57. The fraction of sp³-hybridized carbons (Fsp3) is 0.300. The van der Waals surface area contributed by atoms with E-state index in [9.17, 15) is 53.7 Å². The van der Waals surface area contributed by atoms with Crippen LogP contribution in [0.5, 0.6) is 0 Å². The third-order valence-electron chi connectivity index (χ3n) is 14.3. The van der Waals surface area contributed by atoms with Crippen molar-refractivity contribution >= 4 is 121 Å². The van der Waals surface area contributed by atoms with Crippen LogP contribution in [0.3, 0.4) is 0 Å². The van der Waals surface area contributed by atoms with Gasteiger partial charge in [0, 0.05) is 77.6 Å². The lowest BCUT2D eigenvalue weighted by atomic mass is 9.90. The molecule has 26 nitrogen and oxygen atoms in total. The number of carboxylic acid groups (broad SMARTS) is 2. The molecule has 0 fully saturated rings. The smallest absolute Gasteiger partial charge is 0.415 e. The Kier molecular flexibility index (Phi) is 21.1. The average Bonchev–Trinajstić information content (AvgIpc) is 1.81. The van der Waals surface area contributed by atoms with Crippen LogP contribution in [-0.2, 0) is 37.1 Å². The highest BCUT2D eigenvalue weighted by atomic mass is 32.1. The normalized spacial score (nSPS) is 15.8. The number of carboxylic acids is 2. The summed E-state index contributed by atoms with van der Waals surface area (Å²) >= 11 is 7.01. The first-order chi connectivity index (χ1) is 44.2. The van der Waals surface area contributed by atoms with Gasteiger partial charge in [0.1, 0.15) is 83.8 Å². The number of nitrogens with zero attached hydrogens (tertiary/aromatic N) is 9. The fourth-order valence-electron chi connectivity index (χ4n) is 9.49. The lowest BCUT2D eigenvalue weighted by Crippen LogP contribution is -2.40. The second kappa shape index (κ2) is 29.5. The Hall–Kier alpha value is -9.02. The number of rotatable bonds is 16. The molecule has 0 saturated carbocycles. The Morgan fingerprint density at radius 3 is 2.20 bits per heavy atom. The standard InChI is InChI=1S/C60H57N13O13S6/c1-28(2)34-18-40(74)46-29(3)91-57(71-46)36(19-43(75)61-4)65-51(80)38-25-87-53(67-38)33-15-16-35(55-69-42(27-90-55)73(17-9-12-45(77)78)60(84)86-22-32-14-13-31(20-62-32)59(82)83)64-47(33)37-24-88-56(66-37)39-26-89-58(68-39)49(50(79)30-10-7-6-8-11-30)70-44(76)21-63-52(81)48-41(23-85-5)92-54(34)72-48/h6-8,10-11,13-16,20,24-28,34,36,49-50,79H,9,12,17-19,21-23H2,1-5H3,(H,61,75)(H,63,81)(H,65,80)(H,70,76)(H,77,78)(H,82,83)/t34?,36-,49-,50-/m0/s1. The van der Waals surface area contributed by atoms with Crippen molar-refractivity contribution in [2.45, 2.75) is 83.8 Å². The van der Waals surface area contributed by atoms with Crippen LogP contribution in [0.2, 0.25) is 0 Å². The maximum atomic E-state index is 14.4. The zero-order valence-electron chi connectivity index (χ0n) is 49.5. The Labute approximate surface area is 548 Å². The van der Waals surface area contributed by atoms with Crippen molar-refractivity contribution in [3.8, 4) is 43.4 Å². The number of aromatic carboxylic acids is 1. The van der Waals surface area contributed by atoms with Gasteiger partial charge in [-0.3, -0.25) is 38.7 Å². The maximum absolute atomic E-state index is 14.4. The number of ketones is 1. The van der Waals surface area contributed by atoms with E-state index in [1.165, 1.54) is 53.9 Å². The van der Waals surface area contributed by atoms with Crippen LogP contribution in [0.1, 0.15) is 141 Å². The number of amides is 5. The number of Topliss-reactive ketones (excluding diaryl/α,β-unsaturated/α-hetero) is 1. The third-order valence-corrected chi connectivity index (χ3v) is 20.0. The number of ether oxygens (including phenoxy) is 2. The number of hydrogen-bond donors (Lipinski definition) is 7. The van der Waals surface area contributed by atoms with Gasteiger partial charge in [0.15, 0.2) is 5.78 Å². The summed E-state index contributed by atoms with van der Waals surface area (Å²) in [6, 6.07) is 12.7. The highest BCUT2D eigenvalue weighted by Gasteiger charge is 2.34. The number of aliphatic hydroxyl groups excluding tert-OH is 1. The number of benzene rings is 1. The molecule has 9 heterocycles. The van der Waals surface area contributed by atoms with Crippen molar-refractivity contribution in [2.75, 3.05) is 32.1 Å². The van der Waals surface area contributed by atoms with Gasteiger partial charge >= 0.3 is 18.0 Å². The van der Waals surface area contributed by atoms with Gasteiger partial charge in [-0.1, -0.05) is 44.2 Å². The molecule has 7 N–H and O–H groups in total. The number of anilines is 1. The first-order valence-corrected chi connectivity index (χ1v) is 33.4. The van der Waals surface area contributed by atoms with E-state index in [1.54, 1.807) is 70.9 Å². The Morgan fingerprint density at radius 2 is 1.47 bits per heavy atom. The summed E-state index contributed by atoms with van der Waals surface area (Å²) in [7, 11) is 2.93. The number of carbonyl (C=O) groups excluding carboxylic acids is 6. The van der Waals surface area contributed by atoms with Crippen molar-refractivity contribution in [1.82, 2.24) is 61.1 Å². The van der Waals surface area contributed by atoms with E-state index in [-0.39, 0.29) is 97.0 Å². The van der Waals surface area contributed by atoms with Crippen LogP contribution >= 0.6 is 68.0 Å². The molecular formula is C60H57N13O13S6. The van der Waals surface area contributed by atoms with Crippen LogP contribution in [0, 0.1) is 12.8 Å². The second-order valence-electron chi connectivity index (χ2n) is 21.0. The van der Waals surface area contributed by atoms with Crippen molar-refractivity contribution < 1.29 is 63.1 Å². The molecule has 5 amide bonds. The molecular weight excluding hydrogens is 1300 g/mol. The highest BCUT2D eigenvalue weighted by molar-refractivity contribution is 7.15. The van der Waals surface area contributed by atoms with Gasteiger partial charge in [-0.25, -0.2) is 44.5 Å². The molecule has 1 aromatic carbocycles. The minimum Gasteiger partial charge on any atom is -0.481 e. The summed E-state index contributed by atoms with van der Waals surface area (Å²) in [6.45, 7) is 4.63. The van der Waals surface area contributed by atoms with E-state index in [0.29, 0.717) is 68.0 Å². The summed E-state index contributed by atoms with van der Waals surface area (Å²) in [6.07, 6.45) is -1.59. The number of hydrogen-bond acceptors (Lipinski definition) is 25. The molecule has 4 atom stereocenters. The lowest BCUT2D eigenvalue weighted by molar-refractivity contribution is -0.137. The molecule has 0 radical (unpaired) electrons. The lowest BCUT2D eigenvalue weighted by Gasteiger charge is -2.23. The van der Waals surface area contributed by atoms with Crippen LogP contribution in [0.25, 0.3) is 43.4 Å². The number of aromatic nitrogens is 8. The minimum absolute atomic E-state index is 0.00855. The number of aliphatic hydroxyl groups is 1. The SMILES string of the molecule is CNC(=O)C[C@@H]1NC(=O)c2csc(n2)-c2ccc(-c3nc(N(CCCC(=O)O)C(=O)OCc4ccc(C(=O)O)cn4)cs3)nc2-c2csc(n2)-c2csc(n2)[C@H]([C@@H](O)c2ccccc2)NC(=O)CNC(=O)c2nc(sc2COC)C(C(C)C)CC(=O)c2nc1sc2C. The molecule has 1 unspecified atom stereocenters. The number of fused-ring (bicyclic) bond motifs is 14. The zero-order valence-corrected chi connectivity index (χ0v) is 54.4. The first-order valence-electron chi connectivity index (χ1n) is 28.2. The van der Waals surface area contributed by atoms with Gasteiger partial charge in [-0.05, 0) is 49.1 Å². The van der Waals surface area contributed by atoms with E-state index < -0.39 is 72.3 Å². The van der Waals surface area contributed by atoms with E-state index in [4.69, 9.17) is 44.4 Å². The number of aliphatic carboxylic acids is 1. The predicted molar refractivity (Wildman–Crippen MR) is 344 cm³/mol. The Bertz CT molecular complexity index is 4220. The predicted octanol–water partition coefficient (Wildman–Crippen LogP) is 9.30. The van der Waals surface area contributed by atoms with Crippen molar-refractivity contribution in [1.29, 1.82) is 0 Å². The highest BCUT2D eigenvalue weighted by Crippen LogP contribution is 2.41. The van der Waals surface area contributed by atoms with E-state index >= 15 is 0 Å². The minimum atomic E-state index is -1.31. The molecule has 10 bridgehead atoms. The quantitative estimate of drug-likeness (QED) is 0.0473. The van der Waals surface area contributed by atoms with Gasteiger partial charge in [0.2, 0.25) is 11.8 Å². The van der Waals surface area contributed by atoms with Crippen molar-refractivity contribution in [3.63, 3.8) is 0 Å². The topological polar surface area (TPSA) is 370 Å². The van der Waals surface area contributed by atoms with Crippen LogP contribution in [0.4, 0.5) is 10.6 Å². The number of methoxy groups -OCH3 is 1. The molecule has 92 heavy (non-hydrogen) atoms. The number of thiazole rings is 6. The molecule has 0 spiro atoms. The van der Waals surface area contributed by atoms with Crippen LogP contribution in [0.15, 0.2) is 82.3 Å². The molecule has 1 aliphatic rings. The largest absolute Gasteiger partial charge is 0.481 e. The van der Waals surface area contributed by atoms with Gasteiger partial charge < -0.3 is 46.1 Å². The van der Waals surface area contributed by atoms with Gasteiger partial charge in [-0.2, -0.15) is 0 Å². The van der Waals surface area contributed by atoms with Crippen LogP contribution < -0.4 is 26.2 Å². The fourth-order valence-corrected chi connectivity index (χ4v) is 15.1. The van der Waals surface area contributed by atoms with Gasteiger partial charge in [-0.15, -0.1) is 68.0 Å². The van der Waals surface area contributed by atoms with Crippen molar-refractivity contribution in [3.05, 3.63) is 141 Å². The molecule has 0 aliphatic carbocycles. The van der Waals surface area contributed by atoms with E-state index in [0.717, 1.165) is 51.5 Å². The molecule has 0 saturated heterocycles. The van der Waals surface area contributed by atoms with E-state index in [1.807, 2.05) is 13.8 Å². The third kappa shape index (κ3) is 15.5. The molecule has 1 aliphatic heterocycles. The second-order valence-corrected chi connectivity index (χ2v) is 26.8. The van der Waals surface area contributed by atoms with Crippen LogP contribution in [-0.4, -0.2) is 130 Å². The maximum Gasteiger partial charge on any atom is 0.415 e. The summed E-state index contributed by atoms with van der Waals surface area (Å²) in [5.74, 6) is -5.52. The van der Waals surface area contributed by atoms with Gasteiger partial charge in [0.05, 0.1) is 52.5 Å². The summed E-state index contributed by atoms with van der Waals surface area (Å²) < 4.78 is 11.0. The monoisotopic (exact) mass is 1360 g/mol. The number of nitrogens with one attached hydrogen (secondary N) is 4. The van der Waals surface area contributed by atoms with Crippen molar-refractivity contribution in [2.24, 2.45) is 5.92 Å². The molecule has 476 valence electrons. The van der Waals surface area contributed by atoms with Gasteiger partial charge in [0.25, 0.3) is 11.8 Å². The number of pyridine rings is 2. The molecule has 9 aromatic rings. The zero-order chi connectivity index (χ0) is 65.3. The Balaban J connectivity index is 1.04. The first kappa shape index (κ1) is 65.9. The number of aryl methyl sites for hydroxylation is 1. The number of carbonyl (C=O) groups is 8. The summed E-state index contributed by atoms with van der Waals surface area (Å²) in [5, 5.41) is 50.6. The molecule has 10 rings (SSSR count). The summed E-state index contributed by atoms with van der Waals surface area (Å²) in [4.78, 5) is 147. The Morgan fingerprint density at radius 1 is 0.739 bits per heavy atom. The molecule has 32 heteroatoms. The average molecular weight is 1360 g/mol. The molecule has 8 aromatic heterocycles. The van der Waals surface area contributed by atoms with E-state index in [2.05, 4.69) is 26.3 Å².